The number of benzene rings is 2. The molecule has 0 spiro atoms. The van der Waals surface area contributed by atoms with Crippen LogP contribution in [0, 0.1) is 5.92 Å². The summed E-state index contributed by atoms with van der Waals surface area (Å²) in [5.41, 5.74) is 0.844. The molecule has 31 heavy (non-hydrogen) atoms. The molecule has 164 valence electrons. The fourth-order valence-corrected chi connectivity index (χ4v) is 3.60. The average Bonchev–Trinajstić information content (AvgIpc) is 2.70. The molecule has 1 N–H and O–H groups in total. The minimum Gasteiger partial charge on any atom is -0.333 e. The van der Waals surface area contributed by atoms with Crippen molar-refractivity contribution in [1.82, 2.24) is 19.8 Å². The standard InChI is InChI=1S/C25H32N4O2/c1-17(2)16-28(24(31)27-25(4,5)6)18(3)22-26-21-15-11-10-14-20(21)23(30)29(22)19-12-8-7-9-13-19/h7-15,17-18H,16H2,1-6H3,(H,27,31). The second-order valence-corrected chi connectivity index (χ2v) is 9.37. The quantitative estimate of drug-likeness (QED) is 0.637. The average molecular weight is 421 g/mol. The summed E-state index contributed by atoms with van der Waals surface area (Å²) in [7, 11) is 0. The zero-order valence-corrected chi connectivity index (χ0v) is 19.2. The third kappa shape index (κ3) is 5.13. The SMILES string of the molecule is CC(C)CN(C(=O)NC(C)(C)C)C(C)c1nc2ccccc2c(=O)n1-c1ccccc1. The van der Waals surface area contributed by atoms with Gasteiger partial charge < -0.3 is 10.2 Å². The van der Waals surface area contributed by atoms with Crippen molar-refractivity contribution in [3.05, 3.63) is 70.8 Å². The first-order valence-electron chi connectivity index (χ1n) is 10.7. The topological polar surface area (TPSA) is 67.2 Å². The molecule has 0 fully saturated rings. The van der Waals surface area contributed by atoms with Gasteiger partial charge in [-0.3, -0.25) is 9.36 Å². The smallest absolute Gasteiger partial charge is 0.318 e. The number of hydrogen-bond donors (Lipinski definition) is 1. The normalized spacial score (nSPS) is 12.7. The summed E-state index contributed by atoms with van der Waals surface area (Å²) in [6, 6.07) is 16.2. The highest BCUT2D eigenvalue weighted by Crippen LogP contribution is 2.24. The number of para-hydroxylation sites is 2. The van der Waals surface area contributed by atoms with Gasteiger partial charge in [-0.1, -0.05) is 44.2 Å². The van der Waals surface area contributed by atoms with Gasteiger partial charge in [-0.25, -0.2) is 9.78 Å². The van der Waals surface area contributed by atoms with E-state index < -0.39 is 6.04 Å². The highest BCUT2D eigenvalue weighted by atomic mass is 16.2. The molecule has 1 aromatic heterocycles. The van der Waals surface area contributed by atoms with Crippen LogP contribution >= 0.6 is 0 Å². The van der Waals surface area contributed by atoms with Gasteiger partial charge in [0.25, 0.3) is 5.56 Å². The summed E-state index contributed by atoms with van der Waals surface area (Å²) in [6.07, 6.45) is 0. The highest BCUT2D eigenvalue weighted by Gasteiger charge is 2.29. The van der Waals surface area contributed by atoms with Gasteiger partial charge >= 0.3 is 6.03 Å². The summed E-state index contributed by atoms with van der Waals surface area (Å²) < 4.78 is 1.63. The Morgan fingerprint density at radius 2 is 1.65 bits per heavy atom. The Kier molecular flexibility index (Phi) is 6.48. The molecule has 1 atom stereocenters. The lowest BCUT2D eigenvalue weighted by molar-refractivity contribution is 0.158. The summed E-state index contributed by atoms with van der Waals surface area (Å²) in [5, 5.41) is 3.61. The van der Waals surface area contributed by atoms with Crippen LogP contribution in [-0.2, 0) is 0 Å². The number of aromatic nitrogens is 2. The molecule has 0 radical (unpaired) electrons. The van der Waals surface area contributed by atoms with Crippen molar-refractivity contribution in [2.45, 2.75) is 53.1 Å². The van der Waals surface area contributed by atoms with Crippen molar-refractivity contribution in [3.8, 4) is 5.69 Å². The molecule has 6 nitrogen and oxygen atoms in total. The van der Waals surface area contributed by atoms with E-state index >= 15 is 0 Å². The predicted octanol–water partition coefficient (Wildman–Crippen LogP) is 4.91. The van der Waals surface area contributed by atoms with Gasteiger partial charge in [-0.2, -0.15) is 0 Å². The van der Waals surface area contributed by atoms with Crippen molar-refractivity contribution in [1.29, 1.82) is 0 Å². The molecule has 0 saturated carbocycles. The lowest BCUT2D eigenvalue weighted by Crippen LogP contribution is -2.50. The van der Waals surface area contributed by atoms with Crippen molar-refractivity contribution >= 4 is 16.9 Å². The minimum atomic E-state index is -0.415. The fourth-order valence-electron chi connectivity index (χ4n) is 3.60. The number of hydrogen-bond acceptors (Lipinski definition) is 3. The molecular weight excluding hydrogens is 388 g/mol. The third-order valence-electron chi connectivity index (χ3n) is 4.96. The van der Waals surface area contributed by atoms with Crippen LogP contribution < -0.4 is 10.9 Å². The lowest BCUT2D eigenvalue weighted by Gasteiger charge is -2.34. The van der Waals surface area contributed by atoms with Crippen molar-refractivity contribution in [2.24, 2.45) is 5.92 Å². The number of nitrogens with zero attached hydrogens (tertiary/aromatic N) is 3. The molecule has 1 unspecified atom stereocenters. The van der Waals surface area contributed by atoms with E-state index in [2.05, 4.69) is 19.2 Å². The van der Waals surface area contributed by atoms with Crippen LogP contribution in [-0.4, -0.2) is 32.6 Å². The highest BCUT2D eigenvalue weighted by molar-refractivity contribution is 5.78. The van der Waals surface area contributed by atoms with Gasteiger partial charge in [-0.15, -0.1) is 0 Å². The van der Waals surface area contributed by atoms with E-state index in [-0.39, 0.29) is 23.0 Å². The molecule has 0 aliphatic carbocycles. The fraction of sp³-hybridized carbons (Fsp3) is 0.400. The second kappa shape index (κ2) is 8.92. The Morgan fingerprint density at radius 3 is 2.26 bits per heavy atom. The Labute approximate surface area is 183 Å². The van der Waals surface area contributed by atoms with E-state index in [0.29, 0.717) is 23.3 Å². The largest absolute Gasteiger partial charge is 0.333 e. The Bertz CT molecular complexity index is 1110. The maximum absolute atomic E-state index is 13.5. The molecule has 0 aliphatic heterocycles. The van der Waals surface area contributed by atoms with Gasteiger partial charge in [0.1, 0.15) is 5.82 Å². The molecule has 2 aromatic carbocycles. The molecule has 6 heteroatoms. The number of rotatable bonds is 5. The van der Waals surface area contributed by atoms with Crippen LogP contribution in [0.4, 0.5) is 4.79 Å². The van der Waals surface area contributed by atoms with Crippen molar-refractivity contribution in [3.63, 3.8) is 0 Å². The zero-order chi connectivity index (χ0) is 22.8. The summed E-state index contributed by atoms with van der Waals surface area (Å²) in [4.78, 5) is 33.3. The van der Waals surface area contributed by atoms with Gasteiger partial charge in [0, 0.05) is 12.1 Å². The van der Waals surface area contributed by atoms with E-state index in [1.165, 1.54) is 0 Å². The number of carbonyl (C=O) groups is 1. The monoisotopic (exact) mass is 420 g/mol. The Morgan fingerprint density at radius 1 is 1.03 bits per heavy atom. The third-order valence-corrected chi connectivity index (χ3v) is 4.96. The van der Waals surface area contributed by atoms with Crippen LogP contribution in [0.3, 0.4) is 0 Å². The minimum absolute atomic E-state index is 0.139. The number of carbonyl (C=O) groups excluding carboxylic acids is 1. The number of urea groups is 1. The molecule has 0 saturated heterocycles. The summed E-state index contributed by atoms with van der Waals surface area (Å²) in [5.74, 6) is 0.796. The first-order chi connectivity index (χ1) is 14.6. The molecule has 1 heterocycles. The van der Waals surface area contributed by atoms with Crippen molar-refractivity contribution in [2.75, 3.05) is 6.54 Å². The van der Waals surface area contributed by atoms with E-state index in [4.69, 9.17) is 4.98 Å². The van der Waals surface area contributed by atoms with Crippen LogP contribution in [0.5, 0.6) is 0 Å². The van der Waals surface area contributed by atoms with Crippen LogP contribution in [0.25, 0.3) is 16.6 Å². The molecule has 0 bridgehead atoms. The maximum atomic E-state index is 13.5. The molecule has 0 aliphatic rings. The summed E-state index contributed by atoms with van der Waals surface area (Å²) >= 11 is 0. The van der Waals surface area contributed by atoms with Crippen LogP contribution in [0.1, 0.15) is 53.4 Å². The van der Waals surface area contributed by atoms with E-state index in [1.807, 2.05) is 76.2 Å². The van der Waals surface area contributed by atoms with Crippen molar-refractivity contribution < 1.29 is 4.79 Å². The molecule has 2 amide bonds. The predicted molar refractivity (Wildman–Crippen MR) is 126 cm³/mol. The number of amides is 2. The van der Waals surface area contributed by atoms with Crippen LogP contribution in [0.2, 0.25) is 0 Å². The first kappa shape index (κ1) is 22.5. The van der Waals surface area contributed by atoms with E-state index in [1.54, 1.807) is 15.5 Å². The first-order valence-corrected chi connectivity index (χ1v) is 10.7. The summed E-state index contributed by atoms with van der Waals surface area (Å²) in [6.45, 7) is 12.5. The number of fused-ring (bicyclic) bond motifs is 1. The lowest BCUT2D eigenvalue weighted by atomic mass is 10.1. The number of nitrogens with one attached hydrogen (secondary N) is 1. The van der Waals surface area contributed by atoms with Gasteiger partial charge in [-0.05, 0) is 57.9 Å². The van der Waals surface area contributed by atoms with E-state index in [9.17, 15) is 9.59 Å². The maximum Gasteiger partial charge on any atom is 0.318 e. The molecular formula is C25H32N4O2. The molecule has 3 aromatic rings. The van der Waals surface area contributed by atoms with Gasteiger partial charge in [0.2, 0.25) is 0 Å². The molecule has 3 rings (SSSR count). The second-order valence-electron chi connectivity index (χ2n) is 9.37. The Hall–Kier alpha value is -3.15. The zero-order valence-electron chi connectivity index (χ0n) is 19.2. The van der Waals surface area contributed by atoms with Gasteiger partial charge in [0.15, 0.2) is 0 Å². The van der Waals surface area contributed by atoms with E-state index in [0.717, 1.165) is 5.69 Å². The van der Waals surface area contributed by atoms with Crippen LogP contribution in [0.15, 0.2) is 59.4 Å². The Balaban J connectivity index is 2.20. The van der Waals surface area contributed by atoms with Gasteiger partial charge in [0.05, 0.1) is 22.6 Å².